The van der Waals surface area contributed by atoms with Crippen LogP contribution in [0.5, 0.6) is 5.75 Å². The summed E-state index contributed by atoms with van der Waals surface area (Å²) < 4.78 is 5.27. The topological polar surface area (TPSA) is 102 Å². The van der Waals surface area contributed by atoms with Gasteiger partial charge in [0.25, 0.3) is 5.69 Å². The number of nitro benzene ring substituents is 1. The van der Waals surface area contributed by atoms with Crippen molar-refractivity contribution in [3.8, 4) is 5.75 Å². The normalized spacial score (nSPS) is 11.7. The fourth-order valence-corrected chi connectivity index (χ4v) is 3.88. The summed E-state index contributed by atoms with van der Waals surface area (Å²) in [6.07, 6.45) is 0. The molecule has 2 rings (SSSR count). The van der Waals surface area contributed by atoms with Gasteiger partial charge in [-0.2, -0.15) is 0 Å². The Morgan fingerprint density at radius 3 is 2.41 bits per heavy atom. The van der Waals surface area contributed by atoms with E-state index >= 15 is 0 Å². The molecule has 2 aromatic rings. The van der Waals surface area contributed by atoms with E-state index in [1.807, 2.05) is 38.1 Å². The van der Waals surface area contributed by atoms with Gasteiger partial charge in [0.15, 0.2) is 0 Å². The number of non-ortho nitro benzene ring substituents is 1. The first kappa shape index (κ1) is 25.2. The van der Waals surface area contributed by atoms with Crippen molar-refractivity contribution in [1.82, 2.24) is 10.2 Å². The van der Waals surface area contributed by atoms with Crippen molar-refractivity contribution in [3.63, 3.8) is 0 Å². The summed E-state index contributed by atoms with van der Waals surface area (Å²) in [6, 6.07) is 13.0. The van der Waals surface area contributed by atoms with Crippen LogP contribution in [-0.4, -0.2) is 46.6 Å². The number of rotatable bonds is 11. The second kappa shape index (κ2) is 12.1. The van der Waals surface area contributed by atoms with Crippen LogP contribution in [-0.2, 0) is 21.9 Å². The number of hydrogen-bond acceptors (Lipinski definition) is 6. The van der Waals surface area contributed by atoms with Crippen molar-refractivity contribution in [2.75, 3.05) is 12.9 Å². The first-order chi connectivity index (χ1) is 15.2. The van der Waals surface area contributed by atoms with Crippen molar-refractivity contribution < 1.29 is 19.2 Å². The molecule has 0 spiro atoms. The van der Waals surface area contributed by atoms with Crippen molar-refractivity contribution in [2.24, 2.45) is 0 Å². The average molecular weight is 460 g/mol. The molecule has 0 aromatic heterocycles. The lowest BCUT2D eigenvalue weighted by Crippen LogP contribution is -2.49. The number of nitrogens with zero attached hydrogens (tertiary/aromatic N) is 2. The van der Waals surface area contributed by atoms with Gasteiger partial charge < -0.3 is 15.0 Å². The second-order valence-corrected chi connectivity index (χ2v) is 8.61. The minimum absolute atomic E-state index is 0.0317. The molecule has 0 saturated heterocycles. The summed E-state index contributed by atoms with van der Waals surface area (Å²) in [5.74, 6) is 1.02. The highest BCUT2D eigenvalue weighted by Crippen LogP contribution is 2.20. The maximum absolute atomic E-state index is 13.1. The Balaban J connectivity index is 2.08. The van der Waals surface area contributed by atoms with Gasteiger partial charge in [-0.15, -0.1) is 11.8 Å². The number of methoxy groups -OCH3 is 1. The van der Waals surface area contributed by atoms with Crippen molar-refractivity contribution in [1.29, 1.82) is 0 Å². The number of ether oxygens (including phenoxy) is 1. The maximum Gasteiger partial charge on any atom is 0.269 e. The zero-order chi connectivity index (χ0) is 23.7. The van der Waals surface area contributed by atoms with E-state index in [0.29, 0.717) is 11.5 Å². The number of nitrogens with one attached hydrogen (secondary N) is 1. The van der Waals surface area contributed by atoms with Crippen molar-refractivity contribution in [2.45, 2.75) is 45.2 Å². The smallest absolute Gasteiger partial charge is 0.269 e. The molecule has 0 heterocycles. The minimum Gasteiger partial charge on any atom is -0.497 e. The predicted octanol–water partition coefficient (Wildman–Crippen LogP) is 3.78. The van der Waals surface area contributed by atoms with Crippen LogP contribution in [0.4, 0.5) is 5.69 Å². The quantitative estimate of drug-likeness (QED) is 0.405. The number of carbonyl (C=O) groups excluding carboxylic acids is 2. The summed E-state index contributed by atoms with van der Waals surface area (Å²) >= 11 is 1.40. The number of amides is 2. The third-order valence-corrected chi connectivity index (χ3v) is 5.72. The Kier molecular flexibility index (Phi) is 9.52. The molecule has 2 aromatic carbocycles. The van der Waals surface area contributed by atoms with E-state index in [1.165, 1.54) is 23.9 Å². The van der Waals surface area contributed by atoms with Crippen LogP contribution in [0.3, 0.4) is 0 Å². The number of nitro groups is 1. The van der Waals surface area contributed by atoms with E-state index in [1.54, 1.807) is 31.1 Å². The highest BCUT2D eigenvalue weighted by molar-refractivity contribution is 7.99. The van der Waals surface area contributed by atoms with Gasteiger partial charge in [0.1, 0.15) is 11.8 Å². The monoisotopic (exact) mass is 459 g/mol. The van der Waals surface area contributed by atoms with E-state index in [9.17, 15) is 19.7 Å². The third kappa shape index (κ3) is 7.56. The third-order valence-electron chi connectivity index (χ3n) is 4.73. The van der Waals surface area contributed by atoms with E-state index in [0.717, 1.165) is 11.1 Å². The molecule has 0 fully saturated rings. The summed E-state index contributed by atoms with van der Waals surface area (Å²) in [5.41, 5.74) is 1.78. The Morgan fingerprint density at radius 2 is 1.81 bits per heavy atom. The van der Waals surface area contributed by atoms with Gasteiger partial charge >= 0.3 is 0 Å². The largest absolute Gasteiger partial charge is 0.497 e. The van der Waals surface area contributed by atoms with Gasteiger partial charge in [-0.1, -0.05) is 24.3 Å². The maximum atomic E-state index is 13.1. The second-order valence-electron chi connectivity index (χ2n) is 7.63. The highest BCUT2D eigenvalue weighted by Gasteiger charge is 2.26. The summed E-state index contributed by atoms with van der Waals surface area (Å²) in [6.45, 7) is 5.75. The van der Waals surface area contributed by atoms with Crippen LogP contribution in [0.15, 0.2) is 48.5 Å². The first-order valence-electron chi connectivity index (χ1n) is 10.2. The van der Waals surface area contributed by atoms with Crippen LogP contribution >= 0.6 is 11.8 Å². The molecule has 0 saturated carbocycles. The molecule has 9 heteroatoms. The van der Waals surface area contributed by atoms with Crippen LogP contribution in [0.25, 0.3) is 0 Å². The molecular formula is C23H29N3O5S. The van der Waals surface area contributed by atoms with Gasteiger partial charge in [-0.3, -0.25) is 19.7 Å². The molecule has 8 nitrogen and oxygen atoms in total. The number of hydrogen-bond donors (Lipinski definition) is 1. The van der Waals surface area contributed by atoms with E-state index in [2.05, 4.69) is 5.32 Å². The molecule has 0 radical (unpaired) electrons. The molecular weight excluding hydrogens is 430 g/mol. The first-order valence-corrected chi connectivity index (χ1v) is 11.4. The fourth-order valence-electron chi connectivity index (χ4n) is 3.01. The van der Waals surface area contributed by atoms with Crippen molar-refractivity contribution in [3.05, 3.63) is 69.8 Å². The lowest BCUT2D eigenvalue weighted by Gasteiger charge is -2.29. The fraction of sp³-hybridized carbons (Fsp3) is 0.391. The number of thioether (sulfide) groups is 1. The summed E-state index contributed by atoms with van der Waals surface area (Å²) in [5, 5.41) is 13.6. The average Bonchev–Trinajstić information content (AvgIpc) is 2.76. The van der Waals surface area contributed by atoms with Gasteiger partial charge in [0, 0.05) is 30.5 Å². The molecule has 172 valence electrons. The van der Waals surface area contributed by atoms with Crippen LogP contribution in [0.2, 0.25) is 0 Å². The van der Waals surface area contributed by atoms with Crippen LogP contribution in [0, 0.1) is 10.1 Å². The van der Waals surface area contributed by atoms with Gasteiger partial charge in [-0.05, 0) is 44.0 Å². The standard InChI is InChI=1S/C23H29N3O5S/c1-16(2)24-23(28)17(3)25(13-19-6-5-7-21(12-19)31-4)22(27)15-32-14-18-8-10-20(11-9-18)26(29)30/h5-12,16-17H,13-15H2,1-4H3,(H,24,28)/t17-/m0/s1. The molecule has 2 amide bonds. The Hall–Kier alpha value is -3.07. The molecule has 0 unspecified atom stereocenters. The van der Waals surface area contributed by atoms with E-state index < -0.39 is 11.0 Å². The molecule has 1 N–H and O–H groups in total. The molecule has 1 atom stereocenters. The van der Waals surface area contributed by atoms with Gasteiger partial charge in [0.2, 0.25) is 11.8 Å². The number of benzene rings is 2. The Morgan fingerprint density at radius 1 is 1.12 bits per heavy atom. The highest BCUT2D eigenvalue weighted by atomic mass is 32.2. The zero-order valence-electron chi connectivity index (χ0n) is 18.7. The molecule has 0 aliphatic heterocycles. The van der Waals surface area contributed by atoms with E-state index in [4.69, 9.17) is 4.74 Å². The Labute approximate surface area is 192 Å². The van der Waals surface area contributed by atoms with Gasteiger partial charge in [0.05, 0.1) is 17.8 Å². The lowest BCUT2D eigenvalue weighted by atomic mass is 10.1. The summed E-state index contributed by atoms with van der Waals surface area (Å²) in [7, 11) is 1.58. The van der Waals surface area contributed by atoms with E-state index in [-0.39, 0.29) is 35.8 Å². The molecule has 32 heavy (non-hydrogen) atoms. The molecule has 0 aliphatic carbocycles. The van der Waals surface area contributed by atoms with Crippen LogP contribution < -0.4 is 10.1 Å². The van der Waals surface area contributed by atoms with Crippen LogP contribution in [0.1, 0.15) is 31.9 Å². The Bertz CT molecular complexity index is 933. The summed E-state index contributed by atoms with van der Waals surface area (Å²) in [4.78, 5) is 37.6. The lowest BCUT2D eigenvalue weighted by molar-refractivity contribution is -0.384. The zero-order valence-corrected chi connectivity index (χ0v) is 19.6. The SMILES string of the molecule is COc1cccc(CN(C(=O)CSCc2ccc([N+](=O)[O-])cc2)[C@@H](C)C(=O)NC(C)C)c1. The predicted molar refractivity (Wildman–Crippen MR) is 126 cm³/mol. The number of carbonyl (C=O) groups is 2. The van der Waals surface area contributed by atoms with Gasteiger partial charge in [-0.25, -0.2) is 0 Å². The molecule has 0 aliphatic rings. The van der Waals surface area contributed by atoms with Crippen molar-refractivity contribution >= 4 is 29.3 Å². The molecule has 0 bridgehead atoms. The minimum atomic E-state index is -0.643.